The van der Waals surface area contributed by atoms with Crippen LogP contribution in [0.3, 0.4) is 0 Å². The highest BCUT2D eigenvalue weighted by Gasteiger charge is 2.33. The van der Waals surface area contributed by atoms with E-state index in [-0.39, 0.29) is 11.8 Å². The highest BCUT2D eigenvalue weighted by molar-refractivity contribution is 5.86. The van der Waals surface area contributed by atoms with Crippen molar-refractivity contribution >= 4 is 0 Å². The predicted octanol–water partition coefficient (Wildman–Crippen LogP) is 10.9. The van der Waals surface area contributed by atoms with Crippen LogP contribution in [0.2, 0.25) is 0 Å². The lowest BCUT2D eigenvalue weighted by Gasteiger charge is -2.31. The van der Waals surface area contributed by atoms with Gasteiger partial charge in [0.15, 0.2) is 0 Å². The van der Waals surface area contributed by atoms with Crippen molar-refractivity contribution in [1.82, 2.24) is 0 Å². The second-order valence-corrected chi connectivity index (χ2v) is 13.6. The average Bonchev–Trinajstić information content (AvgIpc) is 3.15. The van der Waals surface area contributed by atoms with Crippen molar-refractivity contribution < 1.29 is 10.2 Å². The van der Waals surface area contributed by atoms with Crippen LogP contribution in [0.5, 0.6) is 11.5 Å². The van der Waals surface area contributed by atoms with Crippen LogP contribution in [-0.2, 0) is 25.7 Å². The van der Waals surface area contributed by atoms with Crippen LogP contribution in [0.4, 0.5) is 0 Å². The highest BCUT2D eigenvalue weighted by Crippen LogP contribution is 2.53. The van der Waals surface area contributed by atoms with Crippen molar-refractivity contribution in [2.75, 3.05) is 0 Å². The lowest BCUT2D eigenvalue weighted by Crippen LogP contribution is -2.14. The summed E-state index contributed by atoms with van der Waals surface area (Å²) in [5.41, 5.74) is 13.2. The molecule has 2 aliphatic rings. The van der Waals surface area contributed by atoms with Crippen molar-refractivity contribution in [3.8, 4) is 22.6 Å². The van der Waals surface area contributed by atoms with E-state index < -0.39 is 0 Å². The maximum atomic E-state index is 12.8. The molecule has 8 rings (SSSR count). The molecule has 2 heteroatoms. The third-order valence-corrected chi connectivity index (χ3v) is 10.7. The van der Waals surface area contributed by atoms with Gasteiger partial charge in [0.1, 0.15) is 11.5 Å². The molecular formula is C46H42O2. The largest absolute Gasteiger partial charge is 0.507 e. The highest BCUT2D eigenvalue weighted by atomic mass is 16.3. The van der Waals surface area contributed by atoms with Crippen LogP contribution in [0.15, 0.2) is 133 Å². The summed E-state index contributed by atoms with van der Waals surface area (Å²) in [6.07, 6.45) is 8.19. The number of fused-ring (bicyclic) bond motifs is 2. The number of hydrogen-bond donors (Lipinski definition) is 2. The van der Waals surface area contributed by atoms with Gasteiger partial charge < -0.3 is 10.2 Å². The van der Waals surface area contributed by atoms with E-state index in [9.17, 15) is 10.2 Å². The summed E-state index contributed by atoms with van der Waals surface area (Å²) in [5, 5.41) is 25.5. The molecule has 0 bridgehead atoms. The molecule has 2 aliphatic carbocycles. The lowest BCUT2D eigenvalue weighted by molar-refractivity contribution is 0.458. The van der Waals surface area contributed by atoms with E-state index in [0.29, 0.717) is 11.5 Å². The molecule has 0 unspecified atom stereocenters. The molecule has 0 aromatic heterocycles. The van der Waals surface area contributed by atoms with Crippen molar-refractivity contribution in [2.24, 2.45) is 0 Å². The Balaban J connectivity index is 1.43. The standard InChI is InChI=1S/C46H42O2/c47-45-39(41(31-17-5-1-6-18-31)32-19-7-2-8-20-32)29-35-25-13-15-27-37(35)43(45)44-38-28-16-14-26-36(38)30-40(46(44)48)42(33-21-9-3-10-22-33)34-23-11-4-12-24-34/h1-12,17-24,29-30,41-42,47-48H,13-16,25-28H2. The quantitative estimate of drug-likeness (QED) is 0.173. The molecule has 6 aromatic carbocycles. The molecule has 0 radical (unpaired) electrons. The Hall–Kier alpha value is -5.08. The van der Waals surface area contributed by atoms with Gasteiger partial charge in [-0.3, -0.25) is 0 Å². The maximum Gasteiger partial charge on any atom is 0.128 e. The number of aromatic hydroxyl groups is 2. The summed E-state index contributed by atoms with van der Waals surface area (Å²) in [5.74, 6) is 0.343. The zero-order chi connectivity index (χ0) is 32.5. The fourth-order valence-electron chi connectivity index (χ4n) is 8.50. The Morgan fingerprint density at radius 3 is 0.979 bits per heavy atom. The number of phenols is 2. The summed E-state index contributed by atoms with van der Waals surface area (Å²) in [6.45, 7) is 0. The molecule has 48 heavy (non-hydrogen) atoms. The SMILES string of the molecule is Oc1c(C(c2ccccc2)c2ccccc2)cc2c(c1-c1c(O)c(C(c3ccccc3)c3ccccc3)cc3c1CCCC3)CCCC2. The molecule has 2 N–H and O–H groups in total. The number of aryl methyl sites for hydroxylation is 2. The van der Waals surface area contributed by atoms with Gasteiger partial charge in [-0.25, -0.2) is 0 Å². The minimum Gasteiger partial charge on any atom is -0.507 e. The van der Waals surface area contributed by atoms with Gasteiger partial charge in [0, 0.05) is 34.1 Å². The first-order valence-electron chi connectivity index (χ1n) is 17.6. The molecule has 0 fully saturated rings. The number of hydrogen-bond acceptors (Lipinski definition) is 2. The summed E-state index contributed by atoms with van der Waals surface area (Å²) in [7, 11) is 0. The minimum absolute atomic E-state index is 0.138. The Morgan fingerprint density at radius 1 is 0.375 bits per heavy atom. The smallest absolute Gasteiger partial charge is 0.128 e. The molecule has 0 atom stereocenters. The van der Waals surface area contributed by atoms with Crippen LogP contribution in [0, 0.1) is 0 Å². The summed E-state index contributed by atoms with van der Waals surface area (Å²) in [6, 6.07) is 46.8. The summed E-state index contributed by atoms with van der Waals surface area (Å²) >= 11 is 0. The molecule has 238 valence electrons. The number of benzene rings is 6. The van der Waals surface area contributed by atoms with Gasteiger partial charge in [0.25, 0.3) is 0 Å². The van der Waals surface area contributed by atoms with Crippen molar-refractivity contribution in [1.29, 1.82) is 0 Å². The predicted molar refractivity (Wildman–Crippen MR) is 196 cm³/mol. The number of phenolic OH excluding ortho intramolecular Hbond substituents is 2. The van der Waals surface area contributed by atoms with Gasteiger partial charge in [-0.15, -0.1) is 0 Å². The first-order chi connectivity index (χ1) is 23.7. The second kappa shape index (κ2) is 13.2. The summed E-state index contributed by atoms with van der Waals surface area (Å²) < 4.78 is 0. The van der Waals surface area contributed by atoms with Crippen LogP contribution in [0.1, 0.15) is 93.2 Å². The molecule has 0 aliphatic heterocycles. The second-order valence-electron chi connectivity index (χ2n) is 13.6. The molecule has 0 saturated carbocycles. The van der Waals surface area contributed by atoms with E-state index in [2.05, 4.69) is 133 Å². The molecule has 0 heterocycles. The zero-order valence-electron chi connectivity index (χ0n) is 27.4. The first-order valence-corrected chi connectivity index (χ1v) is 17.6. The third kappa shape index (κ3) is 5.50. The molecule has 0 spiro atoms. The zero-order valence-corrected chi connectivity index (χ0v) is 27.4. The van der Waals surface area contributed by atoms with Crippen LogP contribution in [0.25, 0.3) is 11.1 Å². The molecule has 2 nitrogen and oxygen atoms in total. The third-order valence-electron chi connectivity index (χ3n) is 10.7. The fraction of sp³-hybridized carbons (Fsp3) is 0.217. The van der Waals surface area contributed by atoms with E-state index in [1.807, 2.05) is 0 Å². The van der Waals surface area contributed by atoms with Gasteiger partial charge in [-0.2, -0.15) is 0 Å². The van der Waals surface area contributed by atoms with E-state index in [1.54, 1.807) is 0 Å². The van der Waals surface area contributed by atoms with Gasteiger partial charge in [-0.05, 0) is 95.9 Å². The van der Waals surface area contributed by atoms with Gasteiger partial charge in [0.2, 0.25) is 0 Å². The van der Waals surface area contributed by atoms with Crippen molar-refractivity contribution in [3.05, 3.63) is 189 Å². The van der Waals surface area contributed by atoms with Gasteiger partial charge in [-0.1, -0.05) is 133 Å². The first kappa shape index (κ1) is 30.3. The molecular weight excluding hydrogens is 585 g/mol. The van der Waals surface area contributed by atoms with Gasteiger partial charge in [0.05, 0.1) is 0 Å². The molecule has 0 amide bonds. The van der Waals surface area contributed by atoms with E-state index in [4.69, 9.17) is 0 Å². The van der Waals surface area contributed by atoms with Gasteiger partial charge >= 0.3 is 0 Å². The molecule has 6 aromatic rings. The van der Waals surface area contributed by atoms with E-state index in [1.165, 1.54) is 22.3 Å². The number of rotatable bonds is 7. The van der Waals surface area contributed by atoms with Crippen molar-refractivity contribution in [2.45, 2.75) is 63.2 Å². The normalized spacial score (nSPS) is 14.1. The molecule has 0 saturated heterocycles. The van der Waals surface area contributed by atoms with Crippen LogP contribution in [-0.4, -0.2) is 10.2 Å². The Kier molecular flexibility index (Phi) is 8.32. The Bertz CT molecular complexity index is 1800. The minimum atomic E-state index is -0.138. The van der Waals surface area contributed by atoms with Crippen molar-refractivity contribution in [3.63, 3.8) is 0 Å². The maximum absolute atomic E-state index is 12.8. The Morgan fingerprint density at radius 2 is 0.667 bits per heavy atom. The van der Waals surface area contributed by atoms with Crippen LogP contribution >= 0.6 is 0 Å². The monoisotopic (exact) mass is 626 g/mol. The summed E-state index contributed by atoms with van der Waals surface area (Å²) in [4.78, 5) is 0. The topological polar surface area (TPSA) is 40.5 Å². The fourth-order valence-corrected chi connectivity index (χ4v) is 8.50. The Labute approximate surface area is 284 Å². The average molecular weight is 627 g/mol. The van der Waals surface area contributed by atoms with Crippen LogP contribution < -0.4 is 0 Å². The lowest BCUT2D eigenvalue weighted by atomic mass is 9.74. The van der Waals surface area contributed by atoms with E-state index in [0.717, 1.165) is 95.9 Å². The van der Waals surface area contributed by atoms with E-state index >= 15 is 0 Å².